The van der Waals surface area contributed by atoms with Gasteiger partial charge in [0.2, 0.25) is 0 Å². The van der Waals surface area contributed by atoms with Crippen LogP contribution >= 0.6 is 23.2 Å². The van der Waals surface area contributed by atoms with Crippen LogP contribution < -0.4 is 15.0 Å². The zero-order valence-electron chi connectivity index (χ0n) is 26.5. The molecule has 0 aliphatic carbocycles. The number of pyridine rings is 1. The number of fused-ring (bicyclic) bond motifs is 1. The van der Waals surface area contributed by atoms with Crippen molar-refractivity contribution in [1.29, 1.82) is 5.26 Å². The lowest BCUT2D eigenvalue weighted by atomic mass is 10.1. The predicted octanol–water partition coefficient (Wildman–Crippen LogP) is 6.48. The number of H-pyrrole nitrogens is 1. The van der Waals surface area contributed by atoms with E-state index in [9.17, 15) is 10.1 Å². The Labute approximate surface area is 275 Å². The standard InChI is InChI=1S/C32H39Cl2N7O3Si/c1-40(2)13-12-36-32(42)21-10-11-27(28(16-21)43-3)41(20-44-14-15-45(4,5)6)31-23(18-35)29-30(38-19-37-29)26(39-31)17-22-24(33)8-7-9-25(22)34/h7-11,16,19H,12-15,17,20H2,1-6H3,(H,36,42)(H,37,38). The second kappa shape index (κ2) is 15.1. The van der Waals surface area contributed by atoms with Gasteiger partial charge in [-0.2, -0.15) is 5.26 Å². The zero-order chi connectivity index (χ0) is 32.7. The first-order valence-corrected chi connectivity index (χ1v) is 19.0. The molecule has 13 heteroatoms. The van der Waals surface area contributed by atoms with E-state index in [1.165, 1.54) is 13.4 Å². The third-order valence-corrected chi connectivity index (χ3v) is 9.61. The average Bonchev–Trinajstić information content (AvgIpc) is 3.48. The largest absolute Gasteiger partial charge is 0.495 e. The van der Waals surface area contributed by atoms with Gasteiger partial charge in [0, 0.05) is 49.8 Å². The van der Waals surface area contributed by atoms with Gasteiger partial charge in [0.1, 0.15) is 29.6 Å². The molecule has 0 atom stereocenters. The fourth-order valence-electron chi connectivity index (χ4n) is 4.66. The van der Waals surface area contributed by atoms with Gasteiger partial charge in [0.05, 0.1) is 30.3 Å². The summed E-state index contributed by atoms with van der Waals surface area (Å²) in [6.07, 6.45) is 1.83. The minimum atomic E-state index is -1.37. The third-order valence-electron chi connectivity index (χ3n) is 7.20. The van der Waals surface area contributed by atoms with Crippen molar-refractivity contribution in [2.45, 2.75) is 32.1 Å². The monoisotopic (exact) mass is 667 g/mol. The van der Waals surface area contributed by atoms with Crippen molar-refractivity contribution in [3.63, 3.8) is 0 Å². The lowest BCUT2D eigenvalue weighted by Gasteiger charge is -2.28. The molecule has 0 radical (unpaired) electrons. The fourth-order valence-corrected chi connectivity index (χ4v) is 5.95. The topological polar surface area (TPSA) is 119 Å². The number of ether oxygens (including phenoxy) is 2. The first kappa shape index (κ1) is 34.2. The second-order valence-corrected chi connectivity index (χ2v) is 18.5. The molecule has 1 amide bonds. The van der Waals surface area contributed by atoms with Crippen LogP contribution in [0.1, 0.15) is 27.2 Å². The fraction of sp³-hybridized carbons (Fsp3) is 0.375. The molecule has 0 saturated carbocycles. The Morgan fingerprint density at radius 2 is 1.89 bits per heavy atom. The number of nitrogens with one attached hydrogen (secondary N) is 2. The van der Waals surface area contributed by atoms with Crippen molar-refractivity contribution in [3.8, 4) is 11.8 Å². The molecule has 2 heterocycles. The summed E-state index contributed by atoms with van der Waals surface area (Å²) in [5.74, 6) is 0.546. The van der Waals surface area contributed by atoms with Crippen molar-refractivity contribution >= 4 is 59.7 Å². The van der Waals surface area contributed by atoms with Crippen LogP contribution in [0.4, 0.5) is 11.5 Å². The highest BCUT2D eigenvalue weighted by Crippen LogP contribution is 2.38. The van der Waals surface area contributed by atoms with E-state index in [-0.39, 0.29) is 18.2 Å². The number of benzene rings is 2. The number of aromatic amines is 1. The van der Waals surface area contributed by atoms with Crippen molar-refractivity contribution in [2.75, 3.05) is 52.5 Å². The van der Waals surface area contributed by atoms with Crippen LogP contribution in [0.15, 0.2) is 42.7 Å². The van der Waals surface area contributed by atoms with Gasteiger partial charge in [0.15, 0.2) is 5.82 Å². The van der Waals surface area contributed by atoms with Crippen molar-refractivity contribution in [1.82, 2.24) is 25.2 Å². The molecule has 2 aromatic heterocycles. The van der Waals surface area contributed by atoms with E-state index in [4.69, 9.17) is 37.7 Å². The highest BCUT2D eigenvalue weighted by atomic mass is 35.5. The number of halogens is 2. The summed E-state index contributed by atoms with van der Waals surface area (Å²) in [5.41, 5.74) is 3.68. The Hall–Kier alpha value is -3.66. The van der Waals surface area contributed by atoms with Crippen molar-refractivity contribution < 1.29 is 14.3 Å². The van der Waals surface area contributed by atoms with E-state index in [1.54, 1.807) is 41.3 Å². The highest BCUT2D eigenvalue weighted by Gasteiger charge is 2.26. The summed E-state index contributed by atoms with van der Waals surface area (Å²) in [7, 11) is 4.06. The molecule has 45 heavy (non-hydrogen) atoms. The van der Waals surface area contributed by atoms with Crippen molar-refractivity contribution in [2.24, 2.45) is 0 Å². The molecular formula is C32H39Cl2N7O3Si. The number of anilines is 2. The molecule has 0 bridgehead atoms. The molecule has 2 aromatic carbocycles. The molecule has 0 aliphatic heterocycles. The molecule has 0 saturated heterocycles. The summed E-state index contributed by atoms with van der Waals surface area (Å²) >= 11 is 13.1. The maximum atomic E-state index is 12.9. The smallest absolute Gasteiger partial charge is 0.251 e. The lowest BCUT2D eigenvalue weighted by Crippen LogP contribution is -2.31. The van der Waals surface area contributed by atoms with E-state index in [2.05, 4.69) is 41.0 Å². The van der Waals surface area contributed by atoms with Crippen LogP contribution in [0.5, 0.6) is 5.75 Å². The number of carbonyl (C=O) groups is 1. The number of likely N-dealkylation sites (N-methyl/N-ethyl adjacent to an activating group) is 1. The van der Waals surface area contributed by atoms with Gasteiger partial charge in [-0.3, -0.25) is 9.69 Å². The minimum Gasteiger partial charge on any atom is -0.495 e. The van der Waals surface area contributed by atoms with Gasteiger partial charge in [0.25, 0.3) is 5.91 Å². The predicted molar refractivity (Wildman–Crippen MR) is 183 cm³/mol. The number of aromatic nitrogens is 3. The van der Waals surface area contributed by atoms with Gasteiger partial charge in [-0.15, -0.1) is 0 Å². The first-order chi connectivity index (χ1) is 21.4. The number of carbonyl (C=O) groups excluding carboxylic acids is 1. The van der Waals surface area contributed by atoms with E-state index in [0.29, 0.717) is 81.3 Å². The Morgan fingerprint density at radius 1 is 1.16 bits per heavy atom. The number of nitrogens with zero attached hydrogens (tertiary/aromatic N) is 5. The van der Waals surface area contributed by atoms with E-state index in [1.807, 2.05) is 19.0 Å². The van der Waals surface area contributed by atoms with Crippen LogP contribution in [0.2, 0.25) is 35.7 Å². The van der Waals surface area contributed by atoms with Crippen LogP contribution in [-0.4, -0.2) is 81.5 Å². The molecule has 10 nitrogen and oxygen atoms in total. The zero-order valence-corrected chi connectivity index (χ0v) is 29.0. The highest BCUT2D eigenvalue weighted by molar-refractivity contribution is 6.76. The Bertz CT molecular complexity index is 1680. The maximum Gasteiger partial charge on any atom is 0.251 e. The van der Waals surface area contributed by atoms with Crippen LogP contribution in [0.3, 0.4) is 0 Å². The Balaban J connectivity index is 1.82. The number of imidazole rings is 1. The number of hydrogen-bond donors (Lipinski definition) is 2. The average molecular weight is 669 g/mol. The summed E-state index contributed by atoms with van der Waals surface area (Å²) in [6.45, 7) is 8.69. The molecule has 0 fully saturated rings. The SMILES string of the molecule is COc1cc(C(=O)NCCN(C)C)ccc1N(COCC[Si](C)(C)C)c1nc(Cc2c(Cl)cccc2Cl)c2[nH]cnc2c1C#N. The molecule has 2 N–H and O–H groups in total. The number of amides is 1. The summed E-state index contributed by atoms with van der Waals surface area (Å²) < 4.78 is 12.0. The molecule has 238 valence electrons. The molecular weight excluding hydrogens is 629 g/mol. The van der Waals surface area contributed by atoms with Crippen molar-refractivity contribution in [3.05, 3.63) is 75.2 Å². The van der Waals surface area contributed by atoms with E-state index < -0.39 is 8.07 Å². The summed E-state index contributed by atoms with van der Waals surface area (Å²) in [6, 6.07) is 13.8. The van der Waals surface area contributed by atoms with Gasteiger partial charge in [-0.1, -0.05) is 48.9 Å². The van der Waals surface area contributed by atoms with Gasteiger partial charge in [-0.05, 0) is 56.0 Å². The Morgan fingerprint density at radius 3 is 2.53 bits per heavy atom. The first-order valence-electron chi connectivity index (χ1n) is 14.6. The van der Waals surface area contributed by atoms with Crippen LogP contribution in [0, 0.1) is 11.3 Å². The minimum absolute atomic E-state index is 0.0825. The molecule has 4 rings (SSSR count). The molecule has 4 aromatic rings. The number of methoxy groups -OCH3 is 1. The second-order valence-electron chi connectivity index (χ2n) is 12.1. The van der Waals surface area contributed by atoms with Crippen LogP contribution in [-0.2, 0) is 11.2 Å². The summed E-state index contributed by atoms with van der Waals surface area (Å²) in [4.78, 5) is 29.4. The van der Waals surface area contributed by atoms with Gasteiger partial charge >= 0.3 is 0 Å². The van der Waals surface area contributed by atoms with E-state index >= 15 is 0 Å². The summed E-state index contributed by atoms with van der Waals surface area (Å²) in [5, 5.41) is 14.4. The quantitative estimate of drug-likeness (QED) is 0.0891. The Kier molecular flexibility index (Phi) is 11.5. The number of nitriles is 1. The van der Waals surface area contributed by atoms with Crippen LogP contribution in [0.25, 0.3) is 11.0 Å². The molecule has 0 aliphatic rings. The third kappa shape index (κ3) is 8.54. The normalized spacial score (nSPS) is 11.6. The molecule has 0 unspecified atom stereocenters. The lowest BCUT2D eigenvalue weighted by molar-refractivity contribution is 0.0950. The molecule has 0 spiro atoms. The van der Waals surface area contributed by atoms with E-state index in [0.717, 1.165) is 6.04 Å². The number of hydrogen-bond acceptors (Lipinski definition) is 8. The van der Waals surface area contributed by atoms with Gasteiger partial charge < -0.3 is 24.7 Å². The van der Waals surface area contributed by atoms with Gasteiger partial charge in [-0.25, -0.2) is 9.97 Å². The maximum absolute atomic E-state index is 12.9. The number of rotatable bonds is 14.